The summed E-state index contributed by atoms with van der Waals surface area (Å²) in [5.41, 5.74) is 5.32. The summed E-state index contributed by atoms with van der Waals surface area (Å²) < 4.78 is 4.77. The number of carboxylic acid groups (broad SMARTS) is 1. The van der Waals surface area contributed by atoms with Crippen LogP contribution in [0.3, 0.4) is 0 Å². The Bertz CT molecular complexity index is 185. The summed E-state index contributed by atoms with van der Waals surface area (Å²) in [6.07, 6.45) is -3.23. The lowest BCUT2D eigenvalue weighted by molar-refractivity contribution is -0.150. The molecule has 0 aromatic carbocycles. The SMILES string of the molecule is N[C@@H]1[C@@H](C(=O)O)OC(CO)[C@@H]1O. The van der Waals surface area contributed by atoms with Crippen molar-refractivity contribution in [3.05, 3.63) is 0 Å². The van der Waals surface area contributed by atoms with Crippen molar-refractivity contribution in [1.29, 1.82) is 0 Å². The van der Waals surface area contributed by atoms with E-state index in [4.69, 9.17) is 20.7 Å². The van der Waals surface area contributed by atoms with E-state index in [2.05, 4.69) is 0 Å². The first-order chi connectivity index (χ1) is 5.57. The minimum absolute atomic E-state index is 0.432. The van der Waals surface area contributed by atoms with Crippen LogP contribution < -0.4 is 5.73 Å². The first-order valence-electron chi connectivity index (χ1n) is 3.50. The predicted molar refractivity (Wildman–Crippen MR) is 37.4 cm³/mol. The molecule has 1 unspecified atom stereocenters. The summed E-state index contributed by atoms with van der Waals surface area (Å²) in [7, 11) is 0. The maximum Gasteiger partial charge on any atom is 0.334 e. The quantitative estimate of drug-likeness (QED) is 0.371. The molecule has 12 heavy (non-hydrogen) atoms. The van der Waals surface area contributed by atoms with Crippen molar-refractivity contribution in [2.45, 2.75) is 24.4 Å². The molecule has 1 heterocycles. The summed E-state index contributed by atoms with van der Waals surface area (Å²) >= 11 is 0. The average molecular weight is 177 g/mol. The van der Waals surface area contributed by atoms with Gasteiger partial charge in [-0.3, -0.25) is 0 Å². The van der Waals surface area contributed by atoms with E-state index < -0.39 is 36.9 Å². The maximum absolute atomic E-state index is 10.4. The molecule has 1 fully saturated rings. The van der Waals surface area contributed by atoms with Gasteiger partial charge >= 0.3 is 5.97 Å². The normalized spacial score (nSPS) is 41.6. The van der Waals surface area contributed by atoms with Crippen molar-refractivity contribution >= 4 is 5.97 Å². The van der Waals surface area contributed by atoms with Crippen LogP contribution in [0, 0.1) is 0 Å². The second-order valence-electron chi connectivity index (χ2n) is 2.68. The molecule has 0 aromatic rings. The minimum Gasteiger partial charge on any atom is -0.479 e. The number of hydrogen-bond donors (Lipinski definition) is 4. The molecule has 6 nitrogen and oxygen atoms in total. The van der Waals surface area contributed by atoms with E-state index in [1.54, 1.807) is 0 Å². The molecule has 70 valence electrons. The molecule has 0 saturated carbocycles. The smallest absolute Gasteiger partial charge is 0.334 e. The summed E-state index contributed by atoms with van der Waals surface area (Å²) in [5.74, 6) is -1.22. The van der Waals surface area contributed by atoms with E-state index in [9.17, 15) is 9.90 Å². The molecule has 0 bridgehead atoms. The predicted octanol–water partition coefficient (Wildman–Crippen LogP) is -2.48. The molecule has 1 saturated heterocycles. The fourth-order valence-corrected chi connectivity index (χ4v) is 1.16. The van der Waals surface area contributed by atoms with Crippen molar-refractivity contribution in [3.63, 3.8) is 0 Å². The summed E-state index contributed by atoms with van der Waals surface area (Å²) in [6.45, 7) is -0.432. The molecule has 5 N–H and O–H groups in total. The van der Waals surface area contributed by atoms with Crippen molar-refractivity contribution < 1.29 is 24.9 Å². The number of ether oxygens (including phenoxy) is 1. The Morgan fingerprint density at radius 3 is 2.42 bits per heavy atom. The van der Waals surface area contributed by atoms with Crippen molar-refractivity contribution in [2.75, 3.05) is 6.61 Å². The summed E-state index contributed by atoms with van der Waals surface area (Å²) in [4.78, 5) is 10.4. The highest BCUT2D eigenvalue weighted by Crippen LogP contribution is 2.19. The van der Waals surface area contributed by atoms with Gasteiger partial charge in [-0.05, 0) is 0 Å². The number of rotatable bonds is 2. The van der Waals surface area contributed by atoms with Gasteiger partial charge in [-0.25, -0.2) is 4.79 Å². The van der Waals surface area contributed by atoms with Crippen molar-refractivity contribution in [2.24, 2.45) is 5.73 Å². The molecule has 0 radical (unpaired) electrons. The van der Waals surface area contributed by atoms with Crippen LogP contribution in [0.25, 0.3) is 0 Å². The molecule has 6 heteroatoms. The Hall–Kier alpha value is -0.690. The van der Waals surface area contributed by atoms with Crippen LogP contribution in [-0.4, -0.2) is 52.2 Å². The monoisotopic (exact) mass is 177 g/mol. The Kier molecular flexibility index (Phi) is 2.63. The van der Waals surface area contributed by atoms with Crippen LogP contribution in [-0.2, 0) is 9.53 Å². The third-order valence-corrected chi connectivity index (χ3v) is 1.87. The number of aliphatic hydroxyl groups is 2. The van der Waals surface area contributed by atoms with Gasteiger partial charge in [0.2, 0.25) is 0 Å². The minimum atomic E-state index is -1.22. The molecule has 1 aliphatic rings. The lowest BCUT2D eigenvalue weighted by Gasteiger charge is -2.11. The second-order valence-corrected chi connectivity index (χ2v) is 2.68. The van der Waals surface area contributed by atoms with Crippen molar-refractivity contribution in [1.82, 2.24) is 0 Å². The van der Waals surface area contributed by atoms with Crippen LogP contribution >= 0.6 is 0 Å². The van der Waals surface area contributed by atoms with Gasteiger partial charge in [-0.15, -0.1) is 0 Å². The highest BCUT2D eigenvalue weighted by atomic mass is 16.6. The Morgan fingerprint density at radius 1 is 1.58 bits per heavy atom. The highest BCUT2D eigenvalue weighted by molar-refractivity contribution is 5.74. The van der Waals surface area contributed by atoms with Gasteiger partial charge in [0.05, 0.1) is 12.6 Å². The Balaban J connectivity index is 2.66. The molecular formula is C6H11NO5. The molecular weight excluding hydrogens is 166 g/mol. The number of carbonyl (C=O) groups is 1. The van der Waals surface area contributed by atoms with Gasteiger partial charge < -0.3 is 25.8 Å². The lowest BCUT2D eigenvalue weighted by Crippen LogP contribution is -2.43. The lowest BCUT2D eigenvalue weighted by atomic mass is 10.1. The zero-order valence-electron chi connectivity index (χ0n) is 6.25. The van der Waals surface area contributed by atoms with E-state index >= 15 is 0 Å². The molecule has 0 aliphatic carbocycles. The highest BCUT2D eigenvalue weighted by Gasteiger charge is 2.44. The Labute approximate surface area is 68.6 Å². The standard InChI is InChI=1S/C6H11NO5/c7-3-4(9)2(1-8)12-5(3)6(10)11/h2-5,8-9H,1,7H2,(H,10,11)/t2?,3-,4-,5-/m0/s1. The molecule has 1 aliphatic heterocycles. The first-order valence-corrected chi connectivity index (χ1v) is 3.50. The van der Waals surface area contributed by atoms with Gasteiger partial charge in [0.15, 0.2) is 6.10 Å². The fraction of sp³-hybridized carbons (Fsp3) is 0.833. The zero-order valence-corrected chi connectivity index (χ0v) is 6.25. The first kappa shape index (κ1) is 9.40. The summed E-state index contributed by atoms with van der Waals surface area (Å²) in [5, 5.41) is 26.3. The number of aliphatic hydroxyl groups excluding tert-OH is 2. The topological polar surface area (TPSA) is 113 Å². The third kappa shape index (κ3) is 1.42. The molecule has 4 atom stereocenters. The van der Waals surface area contributed by atoms with Gasteiger partial charge in [-0.2, -0.15) is 0 Å². The largest absolute Gasteiger partial charge is 0.479 e. The van der Waals surface area contributed by atoms with Gasteiger partial charge in [0.1, 0.15) is 12.2 Å². The van der Waals surface area contributed by atoms with Crippen LogP contribution in [0.5, 0.6) is 0 Å². The molecule has 1 rings (SSSR count). The van der Waals surface area contributed by atoms with E-state index in [1.165, 1.54) is 0 Å². The fourth-order valence-electron chi connectivity index (χ4n) is 1.16. The second kappa shape index (κ2) is 3.36. The number of hydrogen-bond acceptors (Lipinski definition) is 5. The van der Waals surface area contributed by atoms with Crippen LogP contribution in [0.1, 0.15) is 0 Å². The van der Waals surface area contributed by atoms with Gasteiger partial charge in [-0.1, -0.05) is 0 Å². The number of carboxylic acids is 1. The van der Waals surface area contributed by atoms with Crippen LogP contribution in [0.2, 0.25) is 0 Å². The molecule has 0 aromatic heterocycles. The molecule has 0 amide bonds. The number of aliphatic carboxylic acids is 1. The zero-order chi connectivity index (χ0) is 9.30. The third-order valence-electron chi connectivity index (χ3n) is 1.87. The number of nitrogens with two attached hydrogens (primary N) is 1. The van der Waals surface area contributed by atoms with E-state index in [0.29, 0.717) is 0 Å². The van der Waals surface area contributed by atoms with E-state index in [0.717, 1.165) is 0 Å². The Morgan fingerprint density at radius 2 is 2.17 bits per heavy atom. The van der Waals surface area contributed by atoms with E-state index in [-0.39, 0.29) is 0 Å². The van der Waals surface area contributed by atoms with Gasteiger partial charge in [0.25, 0.3) is 0 Å². The maximum atomic E-state index is 10.4. The summed E-state index contributed by atoms with van der Waals surface area (Å²) in [6, 6.07) is -0.973. The van der Waals surface area contributed by atoms with Gasteiger partial charge in [0, 0.05) is 0 Å². The molecule has 0 spiro atoms. The average Bonchev–Trinajstić information content (AvgIpc) is 2.30. The van der Waals surface area contributed by atoms with E-state index in [1.807, 2.05) is 0 Å². The van der Waals surface area contributed by atoms with Crippen molar-refractivity contribution in [3.8, 4) is 0 Å². The van der Waals surface area contributed by atoms with Crippen LogP contribution in [0.15, 0.2) is 0 Å². The van der Waals surface area contributed by atoms with Crippen LogP contribution in [0.4, 0.5) is 0 Å².